The number of sulfone groups is 1. The number of hydrogen-bond donors (Lipinski definition) is 1. The molecule has 32 heavy (non-hydrogen) atoms. The molecule has 10 heteroatoms. The molecule has 0 radical (unpaired) electrons. The van der Waals surface area contributed by atoms with E-state index in [0.717, 1.165) is 24.8 Å². The van der Waals surface area contributed by atoms with Gasteiger partial charge in [-0.2, -0.15) is 4.31 Å². The van der Waals surface area contributed by atoms with Gasteiger partial charge in [0.05, 0.1) is 17.8 Å². The fraction of sp³-hybridized carbons (Fsp3) is 0.409. The normalized spacial score (nSPS) is 15.3. The maximum atomic E-state index is 13.1. The number of aryl methyl sites for hydroxylation is 1. The second-order valence-electron chi connectivity index (χ2n) is 7.76. The minimum atomic E-state index is -3.78. The van der Waals surface area contributed by atoms with Crippen LogP contribution in [0.4, 0.5) is 5.69 Å². The first-order valence-electron chi connectivity index (χ1n) is 10.4. The Morgan fingerprint density at radius 3 is 2.28 bits per heavy atom. The van der Waals surface area contributed by atoms with Crippen LogP contribution in [0.25, 0.3) is 0 Å². The topological polar surface area (TPSA) is 110 Å². The molecular weight excluding hydrogens is 452 g/mol. The molecule has 1 fully saturated rings. The lowest BCUT2D eigenvalue weighted by Crippen LogP contribution is -2.35. The van der Waals surface area contributed by atoms with Crippen molar-refractivity contribution in [2.45, 2.75) is 42.4 Å². The molecule has 1 aliphatic rings. The number of nitrogens with zero attached hydrogens (tertiary/aromatic N) is 1. The smallest absolute Gasteiger partial charge is 0.246 e. The zero-order valence-electron chi connectivity index (χ0n) is 18.2. The molecule has 174 valence electrons. The number of carbonyl (C=O) groups excluding carboxylic acids is 1. The number of methoxy groups -OCH3 is 1. The molecule has 0 bridgehead atoms. The molecule has 1 saturated heterocycles. The molecule has 0 aliphatic carbocycles. The average molecular weight is 481 g/mol. The summed E-state index contributed by atoms with van der Waals surface area (Å²) in [5.41, 5.74) is 1.20. The van der Waals surface area contributed by atoms with E-state index in [2.05, 4.69) is 5.32 Å². The fourth-order valence-electron chi connectivity index (χ4n) is 3.51. The van der Waals surface area contributed by atoms with Crippen molar-refractivity contribution in [3.05, 3.63) is 48.0 Å². The summed E-state index contributed by atoms with van der Waals surface area (Å²) in [6.07, 6.45) is 2.34. The average Bonchev–Trinajstić information content (AvgIpc) is 2.78. The van der Waals surface area contributed by atoms with E-state index in [1.165, 1.54) is 41.7 Å². The molecular formula is C22H28N2O6S2. The lowest BCUT2D eigenvalue weighted by atomic mass is 10.2. The number of anilines is 1. The van der Waals surface area contributed by atoms with Crippen LogP contribution in [0.3, 0.4) is 0 Å². The molecule has 8 nitrogen and oxygen atoms in total. The Bertz CT molecular complexity index is 1170. The van der Waals surface area contributed by atoms with Crippen LogP contribution in [-0.4, -0.2) is 53.0 Å². The number of amides is 1. The molecule has 0 saturated carbocycles. The predicted molar refractivity (Wildman–Crippen MR) is 122 cm³/mol. The zero-order chi connectivity index (χ0) is 23.4. The Hall–Kier alpha value is -2.43. The van der Waals surface area contributed by atoms with Gasteiger partial charge in [0, 0.05) is 25.2 Å². The third-order valence-electron chi connectivity index (χ3n) is 5.36. The number of rotatable bonds is 8. The van der Waals surface area contributed by atoms with Crippen LogP contribution in [0, 0.1) is 6.92 Å². The second-order valence-corrected chi connectivity index (χ2v) is 11.8. The summed E-state index contributed by atoms with van der Waals surface area (Å²) in [5.74, 6) is -0.681. The highest BCUT2D eigenvalue weighted by atomic mass is 32.2. The minimum absolute atomic E-state index is 0.0213. The summed E-state index contributed by atoms with van der Waals surface area (Å²) in [6.45, 7) is 2.75. The molecule has 1 heterocycles. The highest BCUT2D eigenvalue weighted by Gasteiger charge is 2.29. The van der Waals surface area contributed by atoms with E-state index in [4.69, 9.17) is 4.74 Å². The SMILES string of the molecule is COc1ccc(NC(=O)CCS(=O)(=O)c2ccc(C)cc2)cc1S(=O)(=O)N1CCCCC1. The predicted octanol–water partition coefficient (Wildman–Crippen LogP) is 2.98. The summed E-state index contributed by atoms with van der Waals surface area (Å²) in [4.78, 5) is 12.5. The van der Waals surface area contributed by atoms with E-state index >= 15 is 0 Å². The third-order valence-corrected chi connectivity index (χ3v) is 9.01. The van der Waals surface area contributed by atoms with E-state index in [9.17, 15) is 21.6 Å². The van der Waals surface area contributed by atoms with Gasteiger partial charge in [0.2, 0.25) is 15.9 Å². The molecule has 0 unspecified atom stereocenters. The van der Waals surface area contributed by atoms with Gasteiger partial charge in [0.25, 0.3) is 0 Å². The van der Waals surface area contributed by atoms with Gasteiger partial charge < -0.3 is 10.1 Å². The van der Waals surface area contributed by atoms with Gasteiger partial charge in [-0.3, -0.25) is 4.79 Å². The first kappa shape index (κ1) is 24.2. The van der Waals surface area contributed by atoms with Crippen molar-refractivity contribution >= 4 is 31.5 Å². The van der Waals surface area contributed by atoms with Crippen molar-refractivity contribution in [3.8, 4) is 5.75 Å². The van der Waals surface area contributed by atoms with E-state index in [0.29, 0.717) is 13.1 Å². The van der Waals surface area contributed by atoms with Crippen LogP contribution in [0.2, 0.25) is 0 Å². The largest absolute Gasteiger partial charge is 0.495 e. The quantitative estimate of drug-likeness (QED) is 0.622. The van der Waals surface area contributed by atoms with Gasteiger partial charge in [-0.25, -0.2) is 16.8 Å². The highest BCUT2D eigenvalue weighted by Crippen LogP contribution is 2.31. The van der Waals surface area contributed by atoms with E-state index in [-0.39, 0.29) is 33.4 Å². The van der Waals surface area contributed by atoms with Gasteiger partial charge in [-0.05, 0) is 50.1 Å². The molecule has 1 aliphatic heterocycles. The Kier molecular flexibility index (Phi) is 7.58. The maximum absolute atomic E-state index is 13.1. The molecule has 0 spiro atoms. The number of piperidine rings is 1. The van der Waals surface area contributed by atoms with E-state index in [1.807, 2.05) is 6.92 Å². The fourth-order valence-corrected chi connectivity index (χ4v) is 6.45. The van der Waals surface area contributed by atoms with Crippen LogP contribution in [0.1, 0.15) is 31.2 Å². The summed E-state index contributed by atoms with van der Waals surface area (Å²) >= 11 is 0. The summed E-state index contributed by atoms with van der Waals surface area (Å²) in [5, 5.41) is 2.60. The standard InChI is InChI=1S/C22H28N2O6S2/c1-17-6-9-19(10-7-17)31(26,27)15-12-22(25)23-18-8-11-20(30-2)21(16-18)32(28,29)24-13-4-3-5-14-24/h6-11,16H,3-5,12-15H2,1-2H3,(H,23,25). The van der Waals surface area contributed by atoms with Crippen LogP contribution < -0.4 is 10.1 Å². The number of ether oxygens (including phenoxy) is 1. The molecule has 3 rings (SSSR count). The first-order chi connectivity index (χ1) is 15.1. The number of benzene rings is 2. The summed E-state index contributed by atoms with van der Waals surface area (Å²) in [7, 11) is -5.99. The Labute approximate surface area is 189 Å². The van der Waals surface area contributed by atoms with Gasteiger partial charge in [0.15, 0.2) is 9.84 Å². The maximum Gasteiger partial charge on any atom is 0.246 e. The molecule has 2 aromatic rings. The zero-order valence-corrected chi connectivity index (χ0v) is 19.8. The van der Waals surface area contributed by atoms with Crippen molar-refractivity contribution in [1.29, 1.82) is 0 Å². The van der Waals surface area contributed by atoms with Crippen LogP contribution >= 0.6 is 0 Å². The highest BCUT2D eigenvalue weighted by molar-refractivity contribution is 7.91. The number of carbonyl (C=O) groups is 1. The van der Waals surface area contributed by atoms with Gasteiger partial charge in [-0.15, -0.1) is 0 Å². The summed E-state index contributed by atoms with van der Waals surface area (Å²) < 4.78 is 57.8. The van der Waals surface area contributed by atoms with Crippen molar-refractivity contribution in [1.82, 2.24) is 4.31 Å². The van der Waals surface area contributed by atoms with Gasteiger partial charge >= 0.3 is 0 Å². The Balaban J connectivity index is 1.72. The number of sulfonamides is 1. The summed E-state index contributed by atoms with van der Waals surface area (Å²) in [6, 6.07) is 10.8. The van der Waals surface area contributed by atoms with Crippen molar-refractivity contribution < 1.29 is 26.4 Å². The van der Waals surface area contributed by atoms with E-state index < -0.39 is 25.8 Å². The van der Waals surface area contributed by atoms with Crippen molar-refractivity contribution in [2.24, 2.45) is 0 Å². The van der Waals surface area contributed by atoms with Crippen LogP contribution in [-0.2, 0) is 24.7 Å². The first-order valence-corrected chi connectivity index (χ1v) is 13.5. The van der Waals surface area contributed by atoms with Crippen LogP contribution in [0.5, 0.6) is 5.75 Å². The lowest BCUT2D eigenvalue weighted by molar-refractivity contribution is -0.115. The molecule has 1 N–H and O–H groups in total. The van der Waals surface area contributed by atoms with Crippen LogP contribution in [0.15, 0.2) is 52.3 Å². The minimum Gasteiger partial charge on any atom is -0.495 e. The molecule has 0 aromatic heterocycles. The Morgan fingerprint density at radius 2 is 1.66 bits per heavy atom. The molecule has 2 aromatic carbocycles. The Morgan fingerprint density at radius 1 is 1.00 bits per heavy atom. The lowest BCUT2D eigenvalue weighted by Gasteiger charge is -2.26. The van der Waals surface area contributed by atoms with Crippen molar-refractivity contribution in [2.75, 3.05) is 31.3 Å². The van der Waals surface area contributed by atoms with Gasteiger partial charge in [-0.1, -0.05) is 24.1 Å². The molecule has 0 atom stereocenters. The number of hydrogen-bond acceptors (Lipinski definition) is 6. The molecule has 1 amide bonds. The van der Waals surface area contributed by atoms with Gasteiger partial charge in [0.1, 0.15) is 10.6 Å². The third kappa shape index (κ3) is 5.67. The van der Waals surface area contributed by atoms with Crippen molar-refractivity contribution in [3.63, 3.8) is 0 Å². The van der Waals surface area contributed by atoms with E-state index in [1.54, 1.807) is 12.1 Å². The number of nitrogens with one attached hydrogen (secondary N) is 1. The monoisotopic (exact) mass is 480 g/mol. The second kappa shape index (κ2) is 10.0.